The number of ether oxygens (including phenoxy) is 1. The highest BCUT2D eigenvalue weighted by Gasteiger charge is 2.59. The van der Waals surface area contributed by atoms with Crippen molar-refractivity contribution in [3.8, 4) is 5.75 Å². The fourth-order valence-electron chi connectivity index (χ4n) is 4.96. The maximum atomic E-state index is 12.6. The SMILES string of the molecule is CC(C)[C@]1(O)CC[C@]2(C)C=C[C@@](C)(O)C[C@H](OCC(=O)c3ccc(O)cc3)[C@H]21. The van der Waals surface area contributed by atoms with Gasteiger partial charge in [0.2, 0.25) is 0 Å². The van der Waals surface area contributed by atoms with Gasteiger partial charge in [0, 0.05) is 17.9 Å². The van der Waals surface area contributed by atoms with Gasteiger partial charge in [0.1, 0.15) is 12.4 Å². The molecule has 1 aromatic carbocycles. The Morgan fingerprint density at radius 1 is 1.14 bits per heavy atom. The van der Waals surface area contributed by atoms with Crippen LogP contribution in [0.1, 0.15) is 57.3 Å². The third kappa shape index (κ3) is 3.88. The number of allylic oxidation sites excluding steroid dienone is 1. The third-order valence-corrected chi connectivity index (χ3v) is 6.74. The summed E-state index contributed by atoms with van der Waals surface area (Å²) in [6.07, 6.45) is 5.20. The molecule has 0 spiro atoms. The summed E-state index contributed by atoms with van der Waals surface area (Å²) in [6, 6.07) is 6.07. The third-order valence-electron chi connectivity index (χ3n) is 6.74. The molecule has 1 aromatic rings. The summed E-state index contributed by atoms with van der Waals surface area (Å²) in [5.41, 5.74) is -1.81. The number of Topliss-reactive ketones (excluding diaryl/α,β-unsaturated/α-hetero) is 1. The number of phenolic OH excluding ortho intramolecular Hbond substituents is 1. The topological polar surface area (TPSA) is 87.0 Å². The lowest BCUT2D eigenvalue weighted by Crippen LogP contribution is -2.50. The van der Waals surface area contributed by atoms with E-state index in [1.165, 1.54) is 12.1 Å². The molecule has 0 heterocycles. The zero-order chi connectivity index (χ0) is 20.7. The van der Waals surface area contributed by atoms with Crippen LogP contribution < -0.4 is 0 Å². The summed E-state index contributed by atoms with van der Waals surface area (Å²) in [6.45, 7) is 7.73. The van der Waals surface area contributed by atoms with Gasteiger partial charge >= 0.3 is 0 Å². The molecule has 5 atom stereocenters. The van der Waals surface area contributed by atoms with Crippen molar-refractivity contribution in [3.05, 3.63) is 42.0 Å². The Labute approximate surface area is 167 Å². The summed E-state index contributed by atoms with van der Waals surface area (Å²) < 4.78 is 6.10. The molecule has 0 aromatic heterocycles. The van der Waals surface area contributed by atoms with Crippen LogP contribution in [0.25, 0.3) is 0 Å². The minimum Gasteiger partial charge on any atom is -0.508 e. The zero-order valence-electron chi connectivity index (χ0n) is 17.2. The Hall–Kier alpha value is -1.69. The first kappa shape index (κ1) is 21.0. The number of rotatable bonds is 5. The Kier molecular flexibility index (Phi) is 5.47. The number of aliphatic hydroxyl groups is 2. The van der Waals surface area contributed by atoms with E-state index in [0.29, 0.717) is 18.4 Å². The van der Waals surface area contributed by atoms with Crippen LogP contribution in [0.2, 0.25) is 0 Å². The van der Waals surface area contributed by atoms with E-state index < -0.39 is 17.3 Å². The number of benzene rings is 1. The summed E-state index contributed by atoms with van der Waals surface area (Å²) in [5, 5.41) is 31.7. The maximum Gasteiger partial charge on any atom is 0.188 e. The number of aromatic hydroxyl groups is 1. The summed E-state index contributed by atoms with van der Waals surface area (Å²) >= 11 is 0. The van der Waals surface area contributed by atoms with Crippen LogP contribution in [0, 0.1) is 17.3 Å². The minimum atomic E-state index is -1.06. The van der Waals surface area contributed by atoms with Gasteiger partial charge in [0.25, 0.3) is 0 Å². The van der Waals surface area contributed by atoms with Gasteiger partial charge in [-0.2, -0.15) is 0 Å². The molecule has 1 saturated carbocycles. The lowest BCUT2D eigenvalue weighted by Gasteiger charge is -2.43. The Morgan fingerprint density at radius 2 is 1.79 bits per heavy atom. The first-order chi connectivity index (χ1) is 13.0. The number of hydrogen-bond acceptors (Lipinski definition) is 5. The highest BCUT2D eigenvalue weighted by molar-refractivity contribution is 5.97. The molecule has 0 radical (unpaired) electrons. The van der Waals surface area contributed by atoms with Crippen molar-refractivity contribution < 1.29 is 24.9 Å². The standard InChI is InChI=1S/C23H32O5/c1-15(2)23(27)12-10-21(3)9-11-22(4,26)13-19(20(21)23)28-14-18(25)16-5-7-17(24)8-6-16/h5-9,11,15,19-20,24,26-27H,10,12-14H2,1-4H3/t19-,20+,21-,22+,23+/m0/s1. The molecule has 3 N–H and O–H groups in total. The van der Waals surface area contributed by atoms with Gasteiger partial charge in [-0.1, -0.05) is 32.9 Å². The summed E-state index contributed by atoms with van der Waals surface area (Å²) in [4.78, 5) is 12.6. The van der Waals surface area contributed by atoms with E-state index in [-0.39, 0.29) is 35.4 Å². The first-order valence-corrected chi connectivity index (χ1v) is 10.1. The van der Waals surface area contributed by atoms with Crippen molar-refractivity contribution in [1.29, 1.82) is 0 Å². The van der Waals surface area contributed by atoms with Crippen LogP contribution in [0.5, 0.6) is 5.75 Å². The molecule has 0 amide bonds. The van der Waals surface area contributed by atoms with E-state index in [1.807, 2.05) is 26.0 Å². The van der Waals surface area contributed by atoms with Crippen molar-refractivity contribution >= 4 is 5.78 Å². The monoisotopic (exact) mass is 388 g/mol. The molecule has 1 fully saturated rings. The largest absolute Gasteiger partial charge is 0.508 e. The molecule has 0 aliphatic heterocycles. The van der Waals surface area contributed by atoms with Crippen LogP contribution in [0.3, 0.4) is 0 Å². The van der Waals surface area contributed by atoms with Crippen LogP contribution >= 0.6 is 0 Å². The number of phenols is 1. The fourth-order valence-corrected chi connectivity index (χ4v) is 4.96. The molecular weight excluding hydrogens is 356 g/mol. The Morgan fingerprint density at radius 3 is 2.39 bits per heavy atom. The first-order valence-electron chi connectivity index (χ1n) is 10.1. The van der Waals surface area contributed by atoms with Crippen LogP contribution in [0.15, 0.2) is 36.4 Å². The number of fused-ring (bicyclic) bond motifs is 1. The molecule has 28 heavy (non-hydrogen) atoms. The second-order valence-corrected chi connectivity index (χ2v) is 9.34. The predicted octanol–water partition coefficient (Wildman–Crippen LogP) is 3.47. The van der Waals surface area contributed by atoms with E-state index in [9.17, 15) is 20.1 Å². The number of hydrogen-bond donors (Lipinski definition) is 3. The normalized spacial score (nSPS) is 37.7. The van der Waals surface area contributed by atoms with Gasteiger partial charge in [0.05, 0.1) is 17.3 Å². The molecule has 0 unspecified atom stereocenters. The quantitative estimate of drug-likeness (QED) is 0.531. The molecule has 2 aliphatic carbocycles. The van der Waals surface area contributed by atoms with E-state index in [4.69, 9.17) is 4.74 Å². The average molecular weight is 389 g/mol. The smallest absolute Gasteiger partial charge is 0.188 e. The fraction of sp³-hybridized carbons (Fsp3) is 0.609. The number of carbonyl (C=O) groups excluding carboxylic acids is 1. The molecule has 5 heteroatoms. The van der Waals surface area contributed by atoms with Gasteiger partial charge in [0.15, 0.2) is 5.78 Å². The van der Waals surface area contributed by atoms with Crippen LogP contribution in [-0.2, 0) is 4.74 Å². The van der Waals surface area contributed by atoms with Crippen molar-refractivity contribution in [2.24, 2.45) is 17.3 Å². The molecule has 5 nitrogen and oxygen atoms in total. The predicted molar refractivity (Wildman–Crippen MR) is 107 cm³/mol. The van der Waals surface area contributed by atoms with E-state index in [1.54, 1.807) is 19.1 Å². The molecule has 2 aliphatic rings. The van der Waals surface area contributed by atoms with E-state index in [2.05, 4.69) is 6.92 Å². The lowest BCUT2D eigenvalue weighted by molar-refractivity contribution is -0.129. The van der Waals surface area contributed by atoms with E-state index >= 15 is 0 Å². The van der Waals surface area contributed by atoms with E-state index in [0.717, 1.165) is 6.42 Å². The van der Waals surface area contributed by atoms with Gasteiger partial charge < -0.3 is 20.1 Å². The van der Waals surface area contributed by atoms with Gasteiger partial charge in [-0.05, 0) is 55.4 Å². The highest BCUT2D eigenvalue weighted by atomic mass is 16.5. The van der Waals surface area contributed by atoms with Crippen LogP contribution in [-0.4, -0.2) is 45.0 Å². The summed E-state index contributed by atoms with van der Waals surface area (Å²) in [5.74, 6) is -0.260. The van der Waals surface area contributed by atoms with Crippen molar-refractivity contribution in [3.63, 3.8) is 0 Å². The van der Waals surface area contributed by atoms with Crippen molar-refractivity contribution in [2.75, 3.05) is 6.61 Å². The molecule has 0 saturated heterocycles. The second-order valence-electron chi connectivity index (χ2n) is 9.34. The van der Waals surface area contributed by atoms with Crippen molar-refractivity contribution in [2.45, 2.75) is 64.3 Å². The minimum absolute atomic E-state index is 0.0367. The molecule has 154 valence electrons. The van der Waals surface area contributed by atoms with Gasteiger partial charge in [-0.3, -0.25) is 4.79 Å². The number of ketones is 1. The zero-order valence-corrected chi connectivity index (χ0v) is 17.2. The molecule has 0 bridgehead atoms. The number of carbonyl (C=O) groups is 1. The summed E-state index contributed by atoms with van der Waals surface area (Å²) in [7, 11) is 0. The highest BCUT2D eigenvalue weighted by Crippen LogP contribution is 2.57. The Bertz CT molecular complexity index is 751. The Balaban J connectivity index is 1.86. The van der Waals surface area contributed by atoms with Gasteiger partial charge in [-0.25, -0.2) is 0 Å². The van der Waals surface area contributed by atoms with Gasteiger partial charge in [-0.15, -0.1) is 0 Å². The van der Waals surface area contributed by atoms with Crippen molar-refractivity contribution in [1.82, 2.24) is 0 Å². The molecular formula is C23H32O5. The maximum absolute atomic E-state index is 12.6. The second kappa shape index (κ2) is 7.29. The average Bonchev–Trinajstić information content (AvgIpc) is 2.84. The van der Waals surface area contributed by atoms with Crippen LogP contribution in [0.4, 0.5) is 0 Å². The lowest BCUT2D eigenvalue weighted by atomic mass is 9.68. The molecule has 3 rings (SSSR count).